The molecule has 1 aromatic heterocycles. The number of nitrogens with zero attached hydrogens (tertiary/aromatic N) is 2. The summed E-state index contributed by atoms with van der Waals surface area (Å²) in [6.45, 7) is 0. The van der Waals surface area contributed by atoms with Crippen molar-refractivity contribution >= 4 is 22.7 Å². The van der Waals surface area contributed by atoms with E-state index in [1.54, 1.807) is 24.3 Å². The van der Waals surface area contributed by atoms with Crippen molar-refractivity contribution in [2.75, 3.05) is 0 Å². The Kier molecular flexibility index (Phi) is 3.02. The highest BCUT2D eigenvalue weighted by molar-refractivity contribution is 5.88. The van der Waals surface area contributed by atoms with Gasteiger partial charge in [0.1, 0.15) is 23.0 Å². The Morgan fingerprint density at radius 3 is 2.60 bits per heavy atom. The zero-order chi connectivity index (χ0) is 13.9. The van der Waals surface area contributed by atoms with Gasteiger partial charge >= 0.3 is 0 Å². The molecule has 0 saturated carbocycles. The van der Waals surface area contributed by atoms with E-state index in [4.69, 9.17) is 4.42 Å². The Labute approximate surface area is 114 Å². The van der Waals surface area contributed by atoms with Crippen LogP contribution in [0, 0.1) is 17.1 Å². The second-order valence-corrected chi connectivity index (χ2v) is 4.21. The van der Waals surface area contributed by atoms with Crippen molar-refractivity contribution in [1.29, 1.82) is 5.26 Å². The summed E-state index contributed by atoms with van der Waals surface area (Å²) < 4.78 is 18.4. The first-order valence-electron chi connectivity index (χ1n) is 5.99. The van der Waals surface area contributed by atoms with Crippen molar-refractivity contribution < 1.29 is 8.81 Å². The SMILES string of the molecule is N#C/C(=C\c1ccc(F)cc1)c1nc2ccccc2o1. The van der Waals surface area contributed by atoms with E-state index in [0.717, 1.165) is 0 Å². The molecular weight excluding hydrogens is 255 g/mol. The molecule has 2 aromatic carbocycles. The van der Waals surface area contributed by atoms with E-state index in [-0.39, 0.29) is 11.7 Å². The zero-order valence-corrected chi connectivity index (χ0v) is 10.4. The van der Waals surface area contributed by atoms with Crippen LogP contribution in [0.2, 0.25) is 0 Å². The molecule has 3 rings (SSSR count). The van der Waals surface area contributed by atoms with Gasteiger partial charge in [-0.15, -0.1) is 0 Å². The third-order valence-electron chi connectivity index (χ3n) is 2.83. The van der Waals surface area contributed by atoms with Gasteiger partial charge in [0, 0.05) is 0 Å². The van der Waals surface area contributed by atoms with Crippen molar-refractivity contribution in [3.05, 3.63) is 65.8 Å². The number of aromatic nitrogens is 1. The average Bonchev–Trinajstić information content (AvgIpc) is 2.90. The fourth-order valence-electron chi connectivity index (χ4n) is 1.85. The number of allylic oxidation sites excluding steroid dienone is 1. The molecule has 3 nitrogen and oxygen atoms in total. The number of fused-ring (bicyclic) bond motifs is 1. The first kappa shape index (κ1) is 12.1. The lowest BCUT2D eigenvalue weighted by Gasteiger charge is -1.94. The van der Waals surface area contributed by atoms with Crippen LogP contribution in [0.1, 0.15) is 11.5 Å². The third kappa shape index (κ3) is 2.29. The van der Waals surface area contributed by atoms with Gasteiger partial charge in [-0.2, -0.15) is 5.26 Å². The molecule has 4 heteroatoms. The van der Waals surface area contributed by atoms with Crippen LogP contribution in [-0.4, -0.2) is 4.98 Å². The van der Waals surface area contributed by atoms with Crippen molar-refractivity contribution in [3.8, 4) is 6.07 Å². The van der Waals surface area contributed by atoms with Crippen LogP contribution in [0.3, 0.4) is 0 Å². The molecule has 0 aliphatic rings. The van der Waals surface area contributed by atoms with E-state index in [1.165, 1.54) is 12.1 Å². The molecule has 3 aromatic rings. The molecule has 0 bridgehead atoms. The largest absolute Gasteiger partial charge is 0.435 e. The minimum Gasteiger partial charge on any atom is -0.435 e. The molecular formula is C16H9FN2O. The maximum absolute atomic E-state index is 12.9. The van der Waals surface area contributed by atoms with Gasteiger partial charge in [-0.05, 0) is 35.9 Å². The van der Waals surface area contributed by atoms with Gasteiger partial charge < -0.3 is 4.42 Å². The summed E-state index contributed by atoms with van der Waals surface area (Å²) >= 11 is 0. The normalized spacial score (nSPS) is 11.5. The van der Waals surface area contributed by atoms with E-state index in [1.807, 2.05) is 18.2 Å². The highest BCUT2D eigenvalue weighted by Gasteiger charge is 2.10. The predicted octanol–water partition coefficient (Wildman–Crippen LogP) is 4.03. The average molecular weight is 264 g/mol. The van der Waals surface area contributed by atoms with E-state index < -0.39 is 0 Å². The minimum absolute atomic E-state index is 0.262. The lowest BCUT2D eigenvalue weighted by Crippen LogP contribution is -1.82. The highest BCUT2D eigenvalue weighted by Crippen LogP contribution is 2.22. The Balaban J connectivity index is 2.05. The summed E-state index contributed by atoms with van der Waals surface area (Å²) in [4.78, 5) is 4.27. The van der Waals surface area contributed by atoms with Gasteiger partial charge in [-0.1, -0.05) is 24.3 Å². The minimum atomic E-state index is -0.317. The van der Waals surface area contributed by atoms with Crippen LogP contribution in [0.25, 0.3) is 22.7 Å². The molecule has 96 valence electrons. The van der Waals surface area contributed by atoms with Crippen molar-refractivity contribution in [1.82, 2.24) is 4.98 Å². The first-order chi connectivity index (χ1) is 9.76. The number of hydrogen-bond acceptors (Lipinski definition) is 3. The van der Waals surface area contributed by atoms with Crippen molar-refractivity contribution in [3.63, 3.8) is 0 Å². The molecule has 0 aliphatic carbocycles. The van der Waals surface area contributed by atoms with Crippen LogP contribution in [-0.2, 0) is 0 Å². The second-order valence-electron chi connectivity index (χ2n) is 4.21. The number of para-hydroxylation sites is 2. The van der Waals surface area contributed by atoms with Gasteiger partial charge in [-0.3, -0.25) is 0 Å². The molecule has 0 radical (unpaired) electrons. The molecule has 0 unspecified atom stereocenters. The van der Waals surface area contributed by atoms with Crippen LogP contribution in [0.5, 0.6) is 0 Å². The Morgan fingerprint density at radius 2 is 1.90 bits per heavy atom. The maximum Gasteiger partial charge on any atom is 0.238 e. The molecule has 0 N–H and O–H groups in total. The van der Waals surface area contributed by atoms with Crippen molar-refractivity contribution in [2.24, 2.45) is 0 Å². The van der Waals surface area contributed by atoms with Gasteiger partial charge in [0.15, 0.2) is 5.58 Å². The summed E-state index contributed by atoms with van der Waals surface area (Å²) in [5.41, 5.74) is 2.34. The van der Waals surface area contributed by atoms with Crippen molar-refractivity contribution in [2.45, 2.75) is 0 Å². The van der Waals surface area contributed by atoms with Crippen LogP contribution < -0.4 is 0 Å². The number of halogens is 1. The second kappa shape index (κ2) is 4.98. The van der Waals surface area contributed by atoms with E-state index in [0.29, 0.717) is 22.2 Å². The summed E-state index contributed by atoms with van der Waals surface area (Å²) in [5.74, 6) is -0.0551. The third-order valence-corrected chi connectivity index (χ3v) is 2.83. The quantitative estimate of drug-likeness (QED) is 0.656. The molecule has 0 aliphatic heterocycles. The Bertz CT molecular complexity index is 793. The number of benzene rings is 2. The predicted molar refractivity (Wildman–Crippen MR) is 73.9 cm³/mol. The first-order valence-corrected chi connectivity index (χ1v) is 5.99. The summed E-state index contributed by atoms with van der Waals surface area (Å²) in [6, 6.07) is 15.2. The maximum atomic E-state index is 12.9. The van der Waals surface area contributed by atoms with Crippen LogP contribution in [0.4, 0.5) is 4.39 Å². The van der Waals surface area contributed by atoms with Gasteiger partial charge in [0.25, 0.3) is 0 Å². The van der Waals surface area contributed by atoms with E-state index in [9.17, 15) is 9.65 Å². The number of oxazole rings is 1. The molecule has 0 amide bonds. The lowest BCUT2D eigenvalue weighted by molar-refractivity contribution is 0.586. The molecule has 0 spiro atoms. The molecule has 0 atom stereocenters. The molecule has 0 fully saturated rings. The lowest BCUT2D eigenvalue weighted by atomic mass is 10.1. The standard InChI is InChI=1S/C16H9FN2O/c17-13-7-5-11(6-8-13)9-12(10-18)16-19-14-3-1-2-4-15(14)20-16/h1-9H/b12-9+. The fourth-order valence-corrected chi connectivity index (χ4v) is 1.85. The van der Waals surface area contributed by atoms with Gasteiger partial charge in [0.05, 0.1) is 0 Å². The van der Waals surface area contributed by atoms with Gasteiger partial charge in [0.2, 0.25) is 5.89 Å². The smallest absolute Gasteiger partial charge is 0.238 e. The van der Waals surface area contributed by atoms with Crippen LogP contribution >= 0.6 is 0 Å². The van der Waals surface area contributed by atoms with E-state index >= 15 is 0 Å². The fraction of sp³-hybridized carbons (Fsp3) is 0. The topological polar surface area (TPSA) is 49.8 Å². The number of nitriles is 1. The zero-order valence-electron chi connectivity index (χ0n) is 10.4. The Morgan fingerprint density at radius 1 is 1.15 bits per heavy atom. The van der Waals surface area contributed by atoms with E-state index in [2.05, 4.69) is 11.1 Å². The molecule has 1 heterocycles. The monoisotopic (exact) mass is 264 g/mol. The summed E-state index contributed by atoms with van der Waals surface area (Å²) in [5, 5.41) is 9.23. The summed E-state index contributed by atoms with van der Waals surface area (Å²) in [7, 11) is 0. The van der Waals surface area contributed by atoms with Gasteiger partial charge in [-0.25, -0.2) is 9.37 Å². The molecule has 20 heavy (non-hydrogen) atoms. The number of hydrogen-bond donors (Lipinski definition) is 0. The molecule has 0 saturated heterocycles. The highest BCUT2D eigenvalue weighted by atomic mass is 19.1. The Hall–Kier alpha value is -2.93. The summed E-state index contributed by atoms with van der Waals surface area (Å²) in [6.07, 6.45) is 1.62. The number of rotatable bonds is 2. The van der Waals surface area contributed by atoms with Crippen LogP contribution in [0.15, 0.2) is 52.9 Å².